The van der Waals surface area contributed by atoms with E-state index in [-0.39, 0.29) is 5.91 Å². The Bertz CT molecular complexity index is 848. The summed E-state index contributed by atoms with van der Waals surface area (Å²) in [6.07, 6.45) is 1.42. The summed E-state index contributed by atoms with van der Waals surface area (Å²) in [6, 6.07) is 32.1. The van der Waals surface area contributed by atoms with Gasteiger partial charge in [-0.3, -0.25) is 4.79 Å². The molecule has 0 radical (unpaired) electrons. The molecule has 1 aliphatic rings. The number of nitrogens with one attached hydrogen (secondary N) is 1. The third-order valence-electron chi connectivity index (χ3n) is 5.90. The lowest BCUT2D eigenvalue weighted by Crippen LogP contribution is -3.15. The van der Waals surface area contributed by atoms with Crippen LogP contribution >= 0.6 is 0 Å². The van der Waals surface area contributed by atoms with Crippen molar-refractivity contribution in [2.75, 3.05) is 26.2 Å². The van der Waals surface area contributed by atoms with E-state index in [0.717, 1.165) is 32.6 Å². The highest BCUT2D eigenvalue weighted by molar-refractivity contribution is 5.76. The van der Waals surface area contributed by atoms with E-state index in [1.807, 2.05) is 18.2 Å². The number of carbonyl (C=O) groups excluding carboxylic acids is 1. The Hall–Kier alpha value is -2.91. The molecule has 29 heavy (non-hydrogen) atoms. The first kappa shape index (κ1) is 19.4. The highest BCUT2D eigenvalue weighted by atomic mass is 16.2. The number of quaternary nitrogens is 1. The minimum Gasteiger partial charge on any atom is -0.331 e. The number of amides is 1. The van der Waals surface area contributed by atoms with E-state index in [1.54, 1.807) is 0 Å². The van der Waals surface area contributed by atoms with Crippen molar-refractivity contribution in [1.82, 2.24) is 4.90 Å². The average molecular weight is 386 g/mol. The van der Waals surface area contributed by atoms with Crippen LogP contribution in [0.5, 0.6) is 0 Å². The van der Waals surface area contributed by atoms with Crippen molar-refractivity contribution in [3.63, 3.8) is 0 Å². The third kappa shape index (κ3) is 4.93. The molecule has 1 fully saturated rings. The molecule has 0 bridgehead atoms. The Kier molecular flexibility index (Phi) is 6.38. The lowest BCUT2D eigenvalue weighted by Gasteiger charge is -2.37. The van der Waals surface area contributed by atoms with E-state index in [4.69, 9.17) is 0 Å². The molecule has 3 nitrogen and oxygen atoms in total. The number of carbonyl (C=O) groups is 1. The van der Waals surface area contributed by atoms with E-state index >= 15 is 0 Å². The van der Waals surface area contributed by atoms with E-state index in [0.29, 0.717) is 12.5 Å². The summed E-state index contributed by atoms with van der Waals surface area (Å²) < 4.78 is 0. The second-order valence-electron chi connectivity index (χ2n) is 7.78. The number of piperazine rings is 1. The molecule has 0 saturated carbocycles. The van der Waals surface area contributed by atoms with Crippen molar-refractivity contribution >= 4 is 5.91 Å². The first-order valence-corrected chi connectivity index (χ1v) is 10.6. The zero-order valence-electron chi connectivity index (χ0n) is 16.8. The van der Waals surface area contributed by atoms with Crippen LogP contribution in [0.3, 0.4) is 0 Å². The van der Waals surface area contributed by atoms with Crippen molar-refractivity contribution < 1.29 is 9.69 Å². The van der Waals surface area contributed by atoms with Crippen molar-refractivity contribution in [2.24, 2.45) is 0 Å². The van der Waals surface area contributed by atoms with Gasteiger partial charge < -0.3 is 9.80 Å². The number of benzene rings is 3. The van der Waals surface area contributed by atoms with Gasteiger partial charge in [0.15, 0.2) is 0 Å². The standard InChI is InChI=1S/C26H28N2O/c29-25(17-16-22-10-4-1-5-11-22)27-18-20-28(21-19-27)26(23-12-6-2-7-13-23)24-14-8-3-9-15-24/h1-15,26H,16-21H2/p+1. The quantitative estimate of drug-likeness (QED) is 0.693. The summed E-state index contributed by atoms with van der Waals surface area (Å²) in [4.78, 5) is 16.3. The molecule has 0 unspecified atom stereocenters. The third-order valence-corrected chi connectivity index (χ3v) is 5.90. The monoisotopic (exact) mass is 385 g/mol. The van der Waals surface area contributed by atoms with Gasteiger partial charge in [-0.05, 0) is 12.0 Å². The van der Waals surface area contributed by atoms with E-state index < -0.39 is 0 Å². The van der Waals surface area contributed by atoms with Gasteiger partial charge in [0.1, 0.15) is 6.04 Å². The molecule has 148 valence electrons. The molecule has 1 aliphatic heterocycles. The van der Waals surface area contributed by atoms with Gasteiger partial charge in [0.2, 0.25) is 5.91 Å². The molecule has 1 saturated heterocycles. The maximum atomic E-state index is 12.7. The Labute approximate surface area is 173 Å². The van der Waals surface area contributed by atoms with Crippen LogP contribution in [-0.2, 0) is 11.2 Å². The Balaban J connectivity index is 1.40. The first-order valence-electron chi connectivity index (χ1n) is 10.6. The smallest absolute Gasteiger partial charge is 0.223 e. The fourth-order valence-electron chi connectivity index (χ4n) is 4.34. The van der Waals surface area contributed by atoms with Crippen LogP contribution < -0.4 is 4.90 Å². The van der Waals surface area contributed by atoms with Crippen LogP contribution in [0, 0.1) is 0 Å². The molecule has 0 aliphatic carbocycles. The van der Waals surface area contributed by atoms with Gasteiger partial charge in [0, 0.05) is 17.5 Å². The maximum absolute atomic E-state index is 12.7. The molecule has 3 aromatic carbocycles. The van der Waals surface area contributed by atoms with Crippen molar-refractivity contribution in [3.05, 3.63) is 108 Å². The predicted molar refractivity (Wildman–Crippen MR) is 117 cm³/mol. The van der Waals surface area contributed by atoms with Gasteiger partial charge in [-0.15, -0.1) is 0 Å². The SMILES string of the molecule is O=C(CCc1ccccc1)N1CC[NH+](C(c2ccccc2)c2ccccc2)CC1. The molecule has 3 heteroatoms. The second kappa shape index (κ2) is 9.53. The lowest BCUT2D eigenvalue weighted by atomic mass is 9.96. The number of hydrogen-bond donors (Lipinski definition) is 1. The van der Waals surface area contributed by atoms with Crippen LogP contribution in [0.15, 0.2) is 91.0 Å². The highest BCUT2D eigenvalue weighted by Gasteiger charge is 2.31. The van der Waals surface area contributed by atoms with Gasteiger partial charge >= 0.3 is 0 Å². The van der Waals surface area contributed by atoms with Gasteiger partial charge in [-0.2, -0.15) is 0 Å². The minimum absolute atomic E-state index is 0.281. The normalized spacial score (nSPS) is 14.9. The molecule has 0 atom stereocenters. The Morgan fingerprint density at radius 1 is 0.759 bits per heavy atom. The number of hydrogen-bond acceptors (Lipinski definition) is 1. The molecule has 3 aromatic rings. The fraction of sp³-hybridized carbons (Fsp3) is 0.269. The first-order chi connectivity index (χ1) is 14.3. The summed E-state index contributed by atoms with van der Waals surface area (Å²) in [6.45, 7) is 3.62. The Morgan fingerprint density at radius 3 is 1.76 bits per heavy atom. The number of rotatable bonds is 6. The van der Waals surface area contributed by atoms with Crippen LogP contribution in [0.25, 0.3) is 0 Å². The molecular weight excluding hydrogens is 356 g/mol. The molecule has 0 spiro atoms. The summed E-state index contributed by atoms with van der Waals surface area (Å²) in [5, 5.41) is 0. The van der Waals surface area contributed by atoms with Gasteiger partial charge in [0.25, 0.3) is 0 Å². The van der Waals surface area contributed by atoms with Crippen LogP contribution in [-0.4, -0.2) is 37.0 Å². The topological polar surface area (TPSA) is 24.8 Å². The van der Waals surface area contributed by atoms with Crippen LogP contribution in [0.1, 0.15) is 29.2 Å². The van der Waals surface area contributed by atoms with Gasteiger partial charge in [0.05, 0.1) is 26.2 Å². The molecule has 1 amide bonds. The van der Waals surface area contributed by atoms with Gasteiger partial charge in [-0.25, -0.2) is 0 Å². The number of aryl methyl sites for hydroxylation is 1. The average Bonchev–Trinajstić information content (AvgIpc) is 2.80. The van der Waals surface area contributed by atoms with E-state index in [2.05, 4.69) is 77.7 Å². The van der Waals surface area contributed by atoms with Crippen LogP contribution in [0.2, 0.25) is 0 Å². The van der Waals surface area contributed by atoms with Crippen molar-refractivity contribution in [3.8, 4) is 0 Å². The van der Waals surface area contributed by atoms with E-state index in [1.165, 1.54) is 21.6 Å². The van der Waals surface area contributed by atoms with Gasteiger partial charge in [-0.1, -0.05) is 91.0 Å². The molecule has 0 aromatic heterocycles. The highest BCUT2D eigenvalue weighted by Crippen LogP contribution is 2.19. The molecular formula is C26H29N2O+. The summed E-state index contributed by atoms with van der Waals surface area (Å²) in [5.74, 6) is 0.281. The Morgan fingerprint density at radius 2 is 1.24 bits per heavy atom. The number of nitrogens with zero attached hydrogens (tertiary/aromatic N) is 1. The molecule has 1 heterocycles. The predicted octanol–water partition coefficient (Wildman–Crippen LogP) is 3.14. The maximum Gasteiger partial charge on any atom is 0.223 e. The zero-order chi connectivity index (χ0) is 19.9. The molecule has 4 rings (SSSR count). The van der Waals surface area contributed by atoms with E-state index in [9.17, 15) is 4.79 Å². The fourth-order valence-corrected chi connectivity index (χ4v) is 4.34. The zero-order valence-corrected chi connectivity index (χ0v) is 16.8. The minimum atomic E-state index is 0.281. The van der Waals surface area contributed by atoms with Crippen molar-refractivity contribution in [1.29, 1.82) is 0 Å². The largest absolute Gasteiger partial charge is 0.331 e. The summed E-state index contributed by atoms with van der Waals surface area (Å²) >= 11 is 0. The molecule has 1 N–H and O–H groups in total. The van der Waals surface area contributed by atoms with Crippen molar-refractivity contribution in [2.45, 2.75) is 18.9 Å². The second-order valence-corrected chi connectivity index (χ2v) is 7.78. The lowest BCUT2D eigenvalue weighted by molar-refractivity contribution is -0.929. The summed E-state index contributed by atoms with van der Waals surface area (Å²) in [5.41, 5.74) is 3.92. The summed E-state index contributed by atoms with van der Waals surface area (Å²) in [7, 11) is 0. The van der Waals surface area contributed by atoms with Crippen LogP contribution in [0.4, 0.5) is 0 Å².